The molecule has 92 valence electrons. The molecule has 1 aromatic heterocycles. The van der Waals surface area contributed by atoms with Gasteiger partial charge in [-0.3, -0.25) is 0 Å². The van der Waals surface area contributed by atoms with E-state index >= 15 is 0 Å². The van der Waals surface area contributed by atoms with E-state index in [9.17, 15) is 0 Å². The van der Waals surface area contributed by atoms with Gasteiger partial charge in [0, 0.05) is 19.3 Å². The molecule has 1 N–H and O–H groups in total. The predicted octanol–water partition coefficient (Wildman–Crippen LogP) is 3.45. The molecule has 0 aliphatic heterocycles. The largest absolute Gasteiger partial charge is 0.355 e. The molecule has 0 aromatic carbocycles. The Kier molecular flexibility index (Phi) is 5.36. The van der Waals surface area contributed by atoms with Crippen molar-refractivity contribution in [1.82, 2.24) is 9.55 Å². The third-order valence-electron chi connectivity index (χ3n) is 2.57. The summed E-state index contributed by atoms with van der Waals surface area (Å²) in [6.45, 7) is 10.8. The highest BCUT2D eigenvalue weighted by Crippen LogP contribution is 2.11. The summed E-state index contributed by atoms with van der Waals surface area (Å²) in [4.78, 5) is 4.51. The van der Waals surface area contributed by atoms with Crippen molar-refractivity contribution in [2.45, 2.75) is 53.5 Å². The third-order valence-corrected chi connectivity index (χ3v) is 2.57. The number of imidazole rings is 1. The smallest absolute Gasteiger partial charge is 0.203 e. The summed E-state index contributed by atoms with van der Waals surface area (Å²) in [6.07, 6.45) is 5.93. The van der Waals surface area contributed by atoms with Crippen LogP contribution in [0, 0.1) is 12.8 Å². The summed E-state index contributed by atoms with van der Waals surface area (Å²) < 4.78 is 2.24. The zero-order chi connectivity index (χ0) is 12.0. The Hall–Kier alpha value is -0.990. The second kappa shape index (κ2) is 6.56. The van der Waals surface area contributed by atoms with Crippen LogP contribution in [0.4, 0.5) is 5.95 Å². The van der Waals surface area contributed by atoms with Crippen molar-refractivity contribution < 1.29 is 0 Å². The van der Waals surface area contributed by atoms with Crippen molar-refractivity contribution in [1.29, 1.82) is 0 Å². The molecule has 0 spiro atoms. The van der Waals surface area contributed by atoms with Crippen LogP contribution in [0.3, 0.4) is 0 Å². The Labute approximate surface area is 99.3 Å². The molecule has 0 radical (unpaired) electrons. The molecule has 0 aliphatic carbocycles. The summed E-state index contributed by atoms with van der Waals surface area (Å²) in [5, 5.41) is 3.41. The molecule has 0 bridgehead atoms. The van der Waals surface area contributed by atoms with Crippen LogP contribution in [0.2, 0.25) is 0 Å². The van der Waals surface area contributed by atoms with E-state index < -0.39 is 0 Å². The fourth-order valence-corrected chi connectivity index (χ4v) is 1.69. The molecule has 0 unspecified atom stereocenters. The van der Waals surface area contributed by atoms with Crippen LogP contribution >= 0.6 is 0 Å². The average Bonchev–Trinajstić information content (AvgIpc) is 2.56. The first kappa shape index (κ1) is 13.1. The van der Waals surface area contributed by atoms with E-state index in [0.717, 1.165) is 24.7 Å². The molecule has 1 heterocycles. The Morgan fingerprint density at radius 2 is 2.12 bits per heavy atom. The van der Waals surface area contributed by atoms with Crippen molar-refractivity contribution in [3.8, 4) is 0 Å². The highest BCUT2D eigenvalue weighted by molar-refractivity contribution is 5.28. The Balaban J connectivity index is 2.53. The number of hydrogen-bond acceptors (Lipinski definition) is 2. The van der Waals surface area contributed by atoms with Crippen LogP contribution in [0.25, 0.3) is 0 Å². The van der Waals surface area contributed by atoms with E-state index in [1.54, 1.807) is 0 Å². The van der Waals surface area contributed by atoms with Crippen LogP contribution in [0.5, 0.6) is 0 Å². The lowest BCUT2D eigenvalue weighted by molar-refractivity contribution is 0.600. The second-order valence-electron chi connectivity index (χ2n) is 4.88. The first-order valence-corrected chi connectivity index (χ1v) is 6.41. The summed E-state index contributed by atoms with van der Waals surface area (Å²) in [5.41, 5.74) is 1.10. The van der Waals surface area contributed by atoms with Crippen LogP contribution in [0.1, 0.15) is 45.7 Å². The number of rotatable bonds is 7. The molecular formula is C13H25N3. The van der Waals surface area contributed by atoms with E-state index in [1.165, 1.54) is 19.3 Å². The average molecular weight is 223 g/mol. The molecule has 0 atom stereocenters. The maximum atomic E-state index is 4.51. The van der Waals surface area contributed by atoms with Gasteiger partial charge in [0.2, 0.25) is 5.95 Å². The van der Waals surface area contributed by atoms with E-state index in [-0.39, 0.29) is 0 Å². The van der Waals surface area contributed by atoms with Gasteiger partial charge in [0.05, 0.1) is 5.69 Å². The number of aryl methyl sites for hydroxylation is 2. The van der Waals surface area contributed by atoms with E-state index in [0.29, 0.717) is 5.92 Å². The molecular weight excluding hydrogens is 198 g/mol. The number of anilines is 1. The number of unbranched alkanes of at least 4 members (excludes halogenated alkanes) is 2. The number of hydrogen-bond donors (Lipinski definition) is 1. The fourth-order valence-electron chi connectivity index (χ4n) is 1.69. The maximum absolute atomic E-state index is 4.51. The van der Waals surface area contributed by atoms with Crippen molar-refractivity contribution in [3.63, 3.8) is 0 Å². The molecule has 3 nitrogen and oxygen atoms in total. The minimum absolute atomic E-state index is 0.654. The molecule has 0 aliphatic rings. The molecule has 1 rings (SSSR count). The second-order valence-corrected chi connectivity index (χ2v) is 4.88. The predicted molar refractivity (Wildman–Crippen MR) is 69.8 cm³/mol. The minimum Gasteiger partial charge on any atom is -0.355 e. The van der Waals surface area contributed by atoms with Gasteiger partial charge >= 0.3 is 0 Å². The molecule has 0 saturated heterocycles. The number of aromatic nitrogens is 2. The number of nitrogens with zero attached hydrogens (tertiary/aromatic N) is 2. The van der Waals surface area contributed by atoms with Crippen LogP contribution in [0.15, 0.2) is 6.20 Å². The molecule has 0 saturated carbocycles. The molecule has 0 fully saturated rings. The lowest BCUT2D eigenvalue weighted by atomic mass is 10.2. The standard InChI is InChI=1S/C13H25N3/c1-5-6-7-8-16-10-12(4)15-13(16)14-9-11(2)3/h10-11H,5-9H2,1-4H3,(H,14,15). The van der Waals surface area contributed by atoms with Gasteiger partial charge < -0.3 is 9.88 Å². The first-order chi connectivity index (χ1) is 7.63. The van der Waals surface area contributed by atoms with Gasteiger partial charge in [-0.05, 0) is 19.3 Å². The van der Waals surface area contributed by atoms with Gasteiger partial charge in [0.25, 0.3) is 0 Å². The SMILES string of the molecule is CCCCCn1cc(C)nc1NCC(C)C. The van der Waals surface area contributed by atoms with Gasteiger partial charge in [-0.25, -0.2) is 4.98 Å². The Morgan fingerprint density at radius 1 is 1.38 bits per heavy atom. The quantitative estimate of drug-likeness (QED) is 0.717. The van der Waals surface area contributed by atoms with Crippen molar-refractivity contribution in [3.05, 3.63) is 11.9 Å². The maximum Gasteiger partial charge on any atom is 0.203 e. The van der Waals surface area contributed by atoms with Gasteiger partial charge in [-0.15, -0.1) is 0 Å². The third kappa shape index (κ3) is 4.25. The van der Waals surface area contributed by atoms with Crippen molar-refractivity contribution >= 4 is 5.95 Å². The number of nitrogens with one attached hydrogen (secondary N) is 1. The van der Waals surface area contributed by atoms with Crippen LogP contribution in [-0.4, -0.2) is 16.1 Å². The molecule has 0 amide bonds. The van der Waals surface area contributed by atoms with Crippen molar-refractivity contribution in [2.24, 2.45) is 5.92 Å². The highest BCUT2D eigenvalue weighted by atomic mass is 15.2. The zero-order valence-corrected chi connectivity index (χ0v) is 11.1. The molecule has 3 heteroatoms. The first-order valence-electron chi connectivity index (χ1n) is 6.41. The normalized spacial score (nSPS) is 11.1. The lowest BCUT2D eigenvalue weighted by Crippen LogP contribution is -2.12. The van der Waals surface area contributed by atoms with Gasteiger partial charge in [0.15, 0.2) is 0 Å². The summed E-state index contributed by atoms with van der Waals surface area (Å²) in [6, 6.07) is 0. The zero-order valence-electron chi connectivity index (χ0n) is 11.1. The van der Waals surface area contributed by atoms with E-state index in [4.69, 9.17) is 0 Å². The van der Waals surface area contributed by atoms with Crippen LogP contribution < -0.4 is 5.32 Å². The fraction of sp³-hybridized carbons (Fsp3) is 0.769. The monoisotopic (exact) mass is 223 g/mol. The topological polar surface area (TPSA) is 29.9 Å². The minimum atomic E-state index is 0.654. The van der Waals surface area contributed by atoms with E-state index in [1.807, 2.05) is 0 Å². The van der Waals surface area contributed by atoms with Gasteiger partial charge in [-0.2, -0.15) is 0 Å². The summed E-state index contributed by atoms with van der Waals surface area (Å²) in [5.74, 6) is 1.68. The van der Waals surface area contributed by atoms with Gasteiger partial charge in [0.1, 0.15) is 0 Å². The van der Waals surface area contributed by atoms with E-state index in [2.05, 4.69) is 48.8 Å². The van der Waals surface area contributed by atoms with Gasteiger partial charge in [-0.1, -0.05) is 33.6 Å². The lowest BCUT2D eigenvalue weighted by Gasteiger charge is -2.10. The highest BCUT2D eigenvalue weighted by Gasteiger charge is 2.05. The molecule has 16 heavy (non-hydrogen) atoms. The summed E-state index contributed by atoms with van der Waals surface area (Å²) >= 11 is 0. The van der Waals surface area contributed by atoms with Crippen molar-refractivity contribution in [2.75, 3.05) is 11.9 Å². The summed E-state index contributed by atoms with van der Waals surface area (Å²) in [7, 11) is 0. The Morgan fingerprint density at radius 3 is 2.75 bits per heavy atom. The molecule has 1 aromatic rings. The Bertz CT molecular complexity index is 302. The van der Waals surface area contributed by atoms with Crippen LogP contribution in [-0.2, 0) is 6.54 Å².